The van der Waals surface area contributed by atoms with E-state index in [0.717, 1.165) is 15.6 Å². The van der Waals surface area contributed by atoms with E-state index in [-0.39, 0.29) is 24.9 Å². The predicted molar refractivity (Wildman–Crippen MR) is 101 cm³/mol. The molecule has 2 aromatic rings. The molecule has 0 radical (unpaired) electrons. The SMILES string of the molecule is CC(C)[C@H](NC(=O)Cc1ccccc1)C(=O)OCc1ccccc1Br. The fraction of sp³-hybridized carbons (Fsp3) is 0.300. The lowest BCUT2D eigenvalue weighted by Gasteiger charge is -2.21. The summed E-state index contributed by atoms with van der Waals surface area (Å²) in [6, 6.07) is 16.3. The second-order valence-electron chi connectivity index (χ2n) is 6.15. The first-order valence-electron chi connectivity index (χ1n) is 8.20. The molecule has 0 aliphatic carbocycles. The quantitative estimate of drug-likeness (QED) is 0.713. The zero-order valence-electron chi connectivity index (χ0n) is 14.4. The van der Waals surface area contributed by atoms with Crippen LogP contribution in [0, 0.1) is 5.92 Å². The molecule has 0 bridgehead atoms. The maximum Gasteiger partial charge on any atom is 0.329 e. The van der Waals surface area contributed by atoms with Crippen LogP contribution in [0.1, 0.15) is 25.0 Å². The van der Waals surface area contributed by atoms with Crippen LogP contribution >= 0.6 is 15.9 Å². The van der Waals surface area contributed by atoms with Crippen molar-refractivity contribution in [3.05, 3.63) is 70.2 Å². The van der Waals surface area contributed by atoms with Gasteiger partial charge in [-0.3, -0.25) is 4.79 Å². The average Bonchev–Trinajstić information content (AvgIpc) is 2.59. The monoisotopic (exact) mass is 403 g/mol. The summed E-state index contributed by atoms with van der Waals surface area (Å²) in [6.45, 7) is 3.93. The van der Waals surface area contributed by atoms with E-state index in [1.54, 1.807) is 0 Å². The Bertz CT molecular complexity index is 716. The zero-order valence-corrected chi connectivity index (χ0v) is 16.0. The first kappa shape index (κ1) is 19.2. The molecule has 0 saturated heterocycles. The van der Waals surface area contributed by atoms with Gasteiger partial charge in [0.2, 0.25) is 5.91 Å². The van der Waals surface area contributed by atoms with Crippen molar-refractivity contribution < 1.29 is 14.3 Å². The largest absolute Gasteiger partial charge is 0.459 e. The Labute approximate surface area is 156 Å². The molecular weight excluding hydrogens is 382 g/mol. The summed E-state index contributed by atoms with van der Waals surface area (Å²) in [7, 11) is 0. The third kappa shape index (κ3) is 6.02. The highest BCUT2D eigenvalue weighted by atomic mass is 79.9. The molecular formula is C20H22BrNO3. The molecule has 132 valence electrons. The van der Waals surface area contributed by atoms with Crippen molar-refractivity contribution in [3.63, 3.8) is 0 Å². The minimum absolute atomic E-state index is 0.0635. The van der Waals surface area contributed by atoms with Crippen molar-refractivity contribution in [2.45, 2.75) is 32.9 Å². The number of ether oxygens (including phenoxy) is 1. The molecule has 0 spiro atoms. The van der Waals surface area contributed by atoms with Crippen LogP contribution in [0.5, 0.6) is 0 Å². The van der Waals surface area contributed by atoms with Crippen LogP contribution in [-0.2, 0) is 27.4 Å². The van der Waals surface area contributed by atoms with E-state index in [2.05, 4.69) is 21.2 Å². The summed E-state index contributed by atoms with van der Waals surface area (Å²) < 4.78 is 6.29. The van der Waals surface area contributed by atoms with Gasteiger partial charge in [-0.15, -0.1) is 0 Å². The van der Waals surface area contributed by atoms with Gasteiger partial charge >= 0.3 is 5.97 Å². The molecule has 1 atom stereocenters. The van der Waals surface area contributed by atoms with E-state index in [1.807, 2.05) is 68.4 Å². The molecule has 0 saturated carbocycles. The van der Waals surface area contributed by atoms with Crippen molar-refractivity contribution in [1.29, 1.82) is 0 Å². The van der Waals surface area contributed by atoms with Crippen LogP contribution in [0.2, 0.25) is 0 Å². The maximum absolute atomic E-state index is 12.4. The summed E-state index contributed by atoms with van der Waals surface area (Å²) in [4.78, 5) is 24.6. The number of rotatable bonds is 7. The van der Waals surface area contributed by atoms with Crippen LogP contribution in [-0.4, -0.2) is 17.9 Å². The van der Waals surface area contributed by atoms with Crippen LogP contribution < -0.4 is 5.32 Å². The molecule has 0 heterocycles. The Morgan fingerprint density at radius 1 is 1.04 bits per heavy atom. The van der Waals surface area contributed by atoms with Gasteiger partial charge in [-0.2, -0.15) is 0 Å². The third-order valence-electron chi connectivity index (χ3n) is 3.77. The zero-order chi connectivity index (χ0) is 18.2. The minimum Gasteiger partial charge on any atom is -0.459 e. The molecule has 25 heavy (non-hydrogen) atoms. The first-order valence-corrected chi connectivity index (χ1v) is 9.00. The third-order valence-corrected chi connectivity index (χ3v) is 4.55. The fourth-order valence-corrected chi connectivity index (χ4v) is 2.76. The van der Waals surface area contributed by atoms with E-state index >= 15 is 0 Å². The normalized spacial score (nSPS) is 11.8. The highest BCUT2D eigenvalue weighted by Gasteiger charge is 2.25. The number of halogens is 1. The Kier molecular flexibility index (Phi) is 7.19. The molecule has 0 aromatic heterocycles. The number of hydrogen-bond acceptors (Lipinski definition) is 3. The fourth-order valence-electron chi connectivity index (χ4n) is 2.36. The smallest absolute Gasteiger partial charge is 0.329 e. The van der Waals surface area contributed by atoms with Gasteiger partial charge in [0, 0.05) is 10.0 Å². The standard InChI is InChI=1S/C20H22BrNO3/c1-14(2)19(22-18(23)12-15-8-4-3-5-9-15)20(24)25-13-16-10-6-7-11-17(16)21/h3-11,14,19H,12-13H2,1-2H3,(H,22,23)/t19-/m0/s1. The molecule has 0 aliphatic heterocycles. The molecule has 0 aliphatic rings. The van der Waals surface area contributed by atoms with Crippen LogP contribution in [0.4, 0.5) is 0 Å². The Hall–Kier alpha value is -2.14. The summed E-state index contributed by atoms with van der Waals surface area (Å²) >= 11 is 3.43. The van der Waals surface area contributed by atoms with Crippen molar-refractivity contribution in [2.75, 3.05) is 0 Å². The summed E-state index contributed by atoms with van der Waals surface area (Å²) in [5, 5.41) is 2.79. The second kappa shape index (κ2) is 9.37. The lowest BCUT2D eigenvalue weighted by atomic mass is 10.0. The van der Waals surface area contributed by atoms with Crippen LogP contribution in [0.15, 0.2) is 59.1 Å². The Balaban J connectivity index is 1.93. The van der Waals surface area contributed by atoms with Crippen molar-refractivity contribution in [1.82, 2.24) is 5.32 Å². The number of esters is 1. The Morgan fingerprint density at radius 3 is 2.32 bits per heavy atom. The minimum atomic E-state index is -0.668. The van der Waals surface area contributed by atoms with Crippen molar-refractivity contribution >= 4 is 27.8 Å². The van der Waals surface area contributed by atoms with E-state index in [1.165, 1.54) is 0 Å². The van der Waals surface area contributed by atoms with E-state index in [4.69, 9.17) is 4.74 Å². The van der Waals surface area contributed by atoms with Gasteiger partial charge in [0.05, 0.1) is 6.42 Å². The predicted octanol–water partition coefficient (Wildman–Crippen LogP) is 3.88. The van der Waals surface area contributed by atoms with Gasteiger partial charge in [-0.05, 0) is 17.5 Å². The lowest BCUT2D eigenvalue weighted by molar-refractivity contribution is -0.150. The average molecular weight is 404 g/mol. The van der Waals surface area contributed by atoms with Crippen LogP contribution in [0.25, 0.3) is 0 Å². The molecule has 2 aromatic carbocycles. The maximum atomic E-state index is 12.4. The number of carbonyl (C=O) groups excluding carboxylic acids is 2. The van der Waals surface area contributed by atoms with Gasteiger partial charge in [0.25, 0.3) is 0 Å². The van der Waals surface area contributed by atoms with Gasteiger partial charge in [-0.1, -0.05) is 78.3 Å². The summed E-state index contributed by atoms with van der Waals surface area (Å²) in [5.74, 6) is -0.679. The number of nitrogens with one attached hydrogen (secondary N) is 1. The second-order valence-corrected chi connectivity index (χ2v) is 7.01. The van der Waals surface area contributed by atoms with Crippen LogP contribution in [0.3, 0.4) is 0 Å². The van der Waals surface area contributed by atoms with Gasteiger partial charge in [-0.25, -0.2) is 4.79 Å². The number of amides is 1. The van der Waals surface area contributed by atoms with E-state index < -0.39 is 12.0 Å². The molecule has 1 amide bonds. The molecule has 1 N–H and O–H groups in total. The topological polar surface area (TPSA) is 55.4 Å². The summed E-state index contributed by atoms with van der Waals surface area (Å²) in [6.07, 6.45) is 0.238. The van der Waals surface area contributed by atoms with E-state index in [9.17, 15) is 9.59 Å². The van der Waals surface area contributed by atoms with E-state index in [0.29, 0.717) is 0 Å². The molecule has 0 unspecified atom stereocenters. The van der Waals surface area contributed by atoms with Crippen molar-refractivity contribution in [2.24, 2.45) is 5.92 Å². The van der Waals surface area contributed by atoms with Gasteiger partial charge < -0.3 is 10.1 Å². The van der Waals surface area contributed by atoms with Crippen molar-refractivity contribution in [3.8, 4) is 0 Å². The summed E-state index contributed by atoms with van der Waals surface area (Å²) in [5.41, 5.74) is 1.79. The molecule has 0 fully saturated rings. The van der Waals surface area contributed by atoms with Gasteiger partial charge in [0.1, 0.15) is 12.6 Å². The molecule has 2 rings (SSSR count). The number of hydrogen-bond donors (Lipinski definition) is 1. The lowest BCUT2D eigenvalue weighted by Crippen LogP contribution is -2.45. The number of benzene rings is 2. The first-order chi connectivity index (χ1) is 12.0. The Morgan fingerprint density at radius 2 is 1.68 bits per heavy atom. The van der Waals surface area contributed by atoms with Gasteiger partial charge in [0.15, 0.2) is 0 Å². The molecule has 4 nitrogen and oxygen atoms in total. The highest BCUT2D eigenvalue weighted by Crippen LogP contribution is 2.17. The highest BCUT2D eigenvalue weighted by molar-refractivity contribution is 9.10. The molecule has 5 heteroatoms. The number of carbonyl (C=O) groups is 2.